The van der Waals surface area contributed by atoms with Crippen LogP contribution in [0.5, 0.6) is 0 Å². The summed E-state index contributed by atoms with van der Waals surface area (Å²) in [4.78, 5) is 13.6. The fraction of sp³-hybridized carbons (Fsp3) is 0.581. The second-order valence-electron chi connectivity index (χ2n) is 11.6. The molecule has 1 fully saturated rings. The van der Waals surface area contributed by atoms with Crippen molar-refractivity contribution in [2.75, 3.05) is 35.0 Å². The Morgan fingerprint density at radius 3 is 2.56 bits per heavy atom. The van der Waals surface area contributed by atoms with Gasteiger partial charge in [0.2, 0.25) is 0 Å². The van der Waals surface area contributed by atoms with E-state index in [1.807, 2.05) is 13.0 Å². The van der Waals surface area contributed by atoms with Crippen LogP contribution >= 0.6 is 10.8 Å². The molecular weight excluding hydrogens is 543 g/mol. The number of nitrogens with one attached hydrogen (secondary N) is 3. The first-order valence-corrected chi connectivity index (χ1v) is 16.5. The molecule has 8 nitrogen and oxygen atoms in total. The Hall–Kier alpha value is -2.37. The quantitative estimate of drug-likeness (QED) is 0.150. The number of anilines is 2. The van der Waals surface area contributed by atoms with Gasteiger partial charge in [-0.15, -0.1) is 10.8 Å². The molecule has 1 amide bonds. The summed E-state index contributed by atoms with van der Waals surface area (Å²) >= 11 is 0. The number of amides is 1. The van der Waals surface area contributed by atoms with Crippen molar-refractivity contribution >= 4 is 28.1 Å². The zero-order valence-corrected chi connectivity index (χ0v) is 25.7. The van der Waals surface area contributed by atoms with Crippen LogP contribution in [0.4, 0.5) is 15.8 Å². The van der Waals surface area contributed by atoms with Crippen molar-refractivity contribution in [1.82, 2.24) is 10.6 Å². The van der Waals surface area contributed by atoms with Crippen LogP contribution < -0.4 is 20.3 Å². The van der Waals surface area contributed by atoms with Gasteiger partial charge in [0.05, 0.1) is 23.6 Å². The number of hydrogen-bond acceptors (Lipinski definition) is 7. The maximum atomic E-state index is 14.0. The number of hydrogen-bond donors (Lipinski definition) is 6. The second-order valence-corrected chi connectivity index (χ2v) is 13.7. The maximum absolute atomic E-state index is 14.0. The van der Waals surface area contributed by atoms with Gasteiger partial charge in [-0.05, 0) is 81.3 Å². The molecule has 1 heterocycles. The lowest BCUT2D eigenvalue weighted by atomic mass is 9.99. The molecule has 0 radical (unpaired) electrons. The minimum atomic E-state index is -2.97. The van der Waals surface area contributed by atoms with Crippen LogP contribution in [-0.4, -0.2) is 63.7 Å². The molecule has 41 heavy (non-hydrogen) atoms. The molecule has 0 aromatic heterocycles. The lowest BCUT2D eigenvalue weighted by molar-refractivity contribution is 0.0825. The Morgan fingerprint density at radius 1 is 1.10 bits per heavy atom. The van der Waals surface area contributed by atoms with E-state index in [0.717, 1.165) is 32.1 Å². The molecule has 0 aliphatic carbocycles. The summed E-state index contributed by atoms with van der Waals surface area (Å²) in [5, 5.41) is 20.8. The fourth-order valence-corrected chi connectivity index (χ4v) is 6.83. The summed E-state index contributed by atoms with van der Waals surface area (Å²) in [6.07, 6.45) is 4.13. The lowest BCUT2D eigenvalue weighted by Crippen LogP contribution is -2.49. The smallest absolute Gasteiger partial charge is 0.251 e. The zero-order chi connectivity index (χ0) is 30.0. The molecule has 0 saturated carbocycles. The summed E-state index contributed by atoms with van der Waals surface area (Å²) < 4.78 is 37.0. The molecule has 0 bridgehead atoms. The standard InChI is InChI=1S/C31H49FN4O4S/c1-5-33-27-18-25(19-28(20-27)36-14-6-7-15-41(36,39)40)31(38)35-29(17-24-12-9-13-26(32)16-24)30(37)21-34-23(4)11-8-10-22(2)3/h9,12-13,16,18-20,22-23,29-30,33-34,37,39-40H,5-8,10-11,14-15,17,21H2,1-4H3,(H,35,38)/t23?,29-,30+/m0/s1. The van der Waals surface area contributed by atoms with E-state index >= 15 is 0 Å². The summed E-state index contributed by atoms with van der Waals surface area (Å²) in [7, 11) is -2.97. The van der Waals surface area contributed by atoms with E-state index in [2.05, 4.69) is 36.7 Å². The highest BCUT2D eigenvalue weighted by molar-refractivity contribution is 8.25. The number of aliphatic hydroxyl groups excluding tert-OH is 1. The van der Waals surface area contributed by atoms with Crippen molar-refractivity contribution in [3.63, 3.8) is 0 Å². The minimum Gasteiger partial charge on any atom is -0.390 e. The van der Waals surface area contributed by atoms with E-state index in [4.69, 9.17) is 0 Å². The minimum absolute atomic E-state index is 0.206. The predicted octanol–water partition coefficient (Wildman–Crippen LogP) is 6.03. The van der Waals surface area contributed by atoms with E-state index in [1.165, 1.54) is 12.1 Å². The van der Waals surface area contributed by atoms with E-state index in [-0.39, 0.29) is 24.8 Å². The molecule has 1 unspecified atom stereocenters. The Kier molecular flexibility index (Phi) is 12.7. The van der Waals surface area contributed by atoms with Crippen LogP contribution in [0.2, 0.25) is 0 Å². The van der Waals surface area contributed by atoms with Gasteiger partial charge in [-0.25, -0.2) is 4.39 Å². The van der Waals surface area contributed by atoms with Crippen LogP contribution in [0.1, 0.15) is 75.7 Å². The predicted molar refractivity (Wildman–Crippen MR) is 168 cm³/mol. The first-order valence-electron chi connectivity index (χ1n) is 14.9. The van der Waals surface area contributed by atoms with Gasteiger partial charge in [0.25, 0.3) is 5.91 Å². The molecule has 1 aliphatic heterocycles. The van der Waals surface area contributed by atoms with E-state index in [0.29, 0.717) is 47.3 Å². The van der Waals surface area contributed by atoms with Gasteiger partial charge >= 0.3 is 0 Å². The highest BCUT2D eigenvalue weighted by Crippen LogP contribution is 2.50. The van der Waals surface area contributed by atoms with Crippen LogP contribution in [0, 0.1) is 11.7 Å². The van der Waals surface area contributed by atoms with Crippen molar-refractivity contribution in [3.8, 4) is 0 Å². The first kappa shape index (κ1) is 33.1. The Bertz CT molecular complexity index is 1120. The molecule has 6 N–H and O–H groups in total. The van der Waals surface area contributed by atoms with Gasteiger partial charge in [0.15, 0.2) is 0 Å². The van der Waals surface area contributed by atoms with Crippen molar-refractivity contribution in [1.29, 1.82) is 0 Å². The van der Waals surface area contributed by atoms with Gasteiger partial charge in [-0.1, -0.05) is 38.8 Å². The third-order valence-electron chi connectivity index (χ3n) is 7.45. The van der Waals surface area contributed by atoms with Crippen LogP contribution in [0.15, 0.2) is 42.5 Å². The third-order valence-corrected chi connectivity index (χ3v) is 9.39. The largest absolute Gasteiger partial charge is 0.390 e. The van der Waals surface area contributed by atoms with Crippen LogP contribution in [0.3, 0.4) is 0 Å². The summed E-state index contributed by atoms with van der Waals surface area (Å²) in [5.41, 5.74) is 2.26. The van der Waals surface area contributed by atoms with Gasteiger partial charge in [0.1, 0.15) is 5.82 Å². The van der Waals surface area contributed by atoms with Gasteiger partial charge in [-0.3, -0.25) is 18.2 Å². The average Bonchev–Trinajstić information content (AvgIpc) is 2.91. The monoisotopic (exact) mass is 592 g/mol. The van der Waals surface area contributed by atoms with E-state index in [9.17, 15) is 23.4 Å². The molecule has 10 heteroatoms. The van der Waals surface area contributed by atoms with Crippen molar-refractivity contribution in [2.24, 2.45) is 5.92 Å². The number of rotatable bonds is 15. The Labute approximate surface area is 246 Å². The summed E-state index contributed by atoms with van der Waals surface area (Å²) in [5.74, 6) is 0.171. The number of benzene rings is 2. The van der Waals surface area contributed by atoms with Gasteiger partial charge in [0, 0.05) is 36.9 Å². The molecule has 230 valence electrons. The maximum Gasteiger partial charge on any atom is 0.251 e. The van der Waals surface area contributed by atoms with Crippen LogP contribution in [0.25, 0.3) is 0 Å². The highest BCUT2D eigenvalue weighted by atomic mass is 32.3. The van der Waals surface area contributed by atoms with Gasteiger partial charge in [-0.2, -0.15) is 0 Å². The number of carbonyl (C=O) groups excluding carboxylic acids is 1. The van der Waals surface area contributed by atoms with Crippen molar-refractivity contribution < 1.29 is 23.4 Å². The van der Waals surface area contributed by atoms with Crippen LogP contribution in [-0.2, 0) is 6.42 Å². The first-order chi connectivity index (χ1) is 19.5. The lowest BCUT2D eigenvalue weighted by Gasteiger charge is -2.47. The molecule has 1 saturated heterocycles. The molecule has 1 aliphatic rings. The SMILES string of the molecule is CCNc1cc(C(=O)N[C@@H](Cc2cccc(F)c2)[C@H](O)CNC(C)CCCC(C)C)cc(N2CCCCS2(O)O)c1. The fourth-order valence-electron chi connectivity index (χ4n) is 5.15. The molecule has 3 atom stereocenters. The van der Waals surface area contributed by atoms with Crippen molar-refractivity contribution in [3.05, 3.63) is 59.4 Å². The number of aliphatic hydroxyl groups is 1. The number of carbonyl (C=O) groups is 1. The molecular formula is C31H49FN4O4S. The highest BCUT2D eigenvalue weighted by Gasteiger charge is 2.29. The molecule has 2 aromatic rings. The molecule has 3 rings (SSSR count). The molecule has 2 aromatic carbocycles. The van der Waals surface area contributed by atoms with Crippen molar-refractivity contribution in [2.45, 2.75) is 84.4 Å². The number of nitrogens with zero attached hydrogens (tertiary/aromatic N) is 1. The van der Waals surface area contributed by atoms with Gasteiger partial charge < -0.3 is 21.1 Å². The summed E-state index contributed by atoms with van der Waals surface area (Å²) in [6.45, 7) is 9.84. The topological polar surface area (TPSA) is 117 Å². The Balaban J connectivity index is 1.80. The van der Waals surface area contributed by atoms with E-state index < -0.39 is 28.8 Å². The Morgan fingerprint density at radius 2 is 1.88 bits per heavy atom. The normalized spacial score (nSPS) is 18.0. The average molecular weight is 593 g/mol. The second kappa shape index (κ2) is 15.7. The van der Waals surface area contributed by atoms with E-state index in [1.54, 1.807) is 28.6 Å². The summed E-state index contributed by atoms with van der Waals surface area (Å²) in [6, 6.07) is 10.9. The zero-order valence-electron chi connectivity index (χ0n) is 24.9. The number of halogens is 1. The third kappa shape index (κ3) is 10.4. The molecule has 0 spiro atoms.